The number of rotatable bonds is 3. The van der Waals surface area contributed by atoms with Gasteiger partial charge < -0.3 is 11.1 Å². The first kappa shape index (κ1) is 16.3. The van der Waals surface area contributed by atoms with Crippen LogP contribution in [0.1, 0.15) is 36.0 Å². The Kier molecular flexibility index (Phi) is 4.29. The lowest BCUT2D eigenvalue weighted by Gasteiger charge is -2.42. The average Bonchev–Trinajstić information content (AvgIpc) is 3.10. The highest BCUT2D eigenvalue weighted by molar-refractivity contribution is 8.21. The second-order valence-corrected chi connectivity index (χ2v) is 10.00. The van der Waals surface area contributed by atoms with Crippen molar-refractivity contribution in [1.29, 1.82) is 0 Å². The fraction of sp³-hybridized carbons (Fsp3) is 0.556. The van der Waals surface area contributed by atoms with Gasteiger partial charge in [0.25, 0.3) is 0 Å². The number of carbonyl (C=O) groups is 2. The van der Waals surface area contributed by atoms with Crippen molar-refractivity contribution in [2.75, 3.05) is 16.8 Å². The predicted octanol–water partition coefficient (Wildman–Crippen LogP) is 3.34. The summed E-state index contributed by atoms with van der Waals surface area (Å²) in [6.45, 7) is 0. The summed E-state index contributed by atoms with van der Waals surface area (Å²) >= 11 is 4.29. The van der Waals surface area contributed by atoms with Gasteiger partial charge >= 0.3 is 0 Å². The van der Waals surface area contributed by atoms with Gasteiger partial charge in [0.05, 0.1) is 4.08 Å². The second kappa shape index (κ2) is 6.30. The molecule has 0 radical (unpaired) electrons. The molecule has 24 heavy (non-hydrogen) atoms. The summed E-state index contributed by atoms with van der Waals surface area (Å²) < 4.78 is 0.405. The van der Waals surface area contributed by atoms with Gasteiger partial charge in [-0.15, -0.1) is 23.5 Å². The van der Waals surface area contributed by atoms with Crippen molar-refractivity contribution in [3.8, 4) is 0 Å². The molecule has 2 saturated carbocycles. The zero-order valence-electron chi connectivity index (χ0n) is 13.5. The Labute approximate surface area is 150 Å². The van der Waals surface area contributed by atoms with Crippen molar-refractivity contribution in [1.82, 2.24) is 0 Å². The summed E-state index contributed by atoms with van der Waals surface area (Å²) in [5.41, 5.74) is 6.40. The Morgan fingerprint density at radius 1 is 1.12 bits per heavy atom. The van der Waals surface area contributed by atoms with Gasteiger partial charge in [-0.05, 0) is 55.7 Å². The number of carbonyl (C=O) groups excluding carboxylic acids is 2. The number of hydrogen-bond acceptors (Lipinski definition) is 4. The van der Waals surface area contributed by atoms with E-state index in [2.05, 4.69) is 28.8 Å². The van der Waals surface area contributed by atoms with Gasteiger partial charge in [0.2, 0.25) is 11.8 Å². The number of anilines is 1. The van der Waals surface area contributed by atoms with E-state index in [1.807, 2.05) is 6.07 Å². The summed E-state index contributed by atoms with van der Waals surface area (Å²) in [5, 5.41) is 2.99. The number of primary amides is 1. The molecule has 6 heteroatoms. The first-order chi connectivity index (χ1) is 11.6. The molecule has 4 nitrogen and oxygen atoms in total. The van der Waals surface area contributed by atoms with Crippen molar-refractivity contribution < 1.29 is 9.59 Å². The highest BCUT2D eigenvalue weighted by atomic mass is 32.2. The minimum Gasteiger partial charge on any atom is -0.366 e. The van der Waals surface area contributed by atoms with Gasteiger partial charge in [0, 0.05) is 28.7 Å². The minimum absolute atomic E-state index is 0.0900. The lowest BCUT2D eigenvalue weighted by Crippen LogP contribution is -2.41. The fourth-order valence-electron chi connectivity index (χ4n) is 4.61. The van der Waals surface area contributed by atoms with E-state index in [1.54, 1.807) is 18.2 Å². The van der Waals surface area contributed by atoms with Crippen LogP contribution in [0.2, 0.25) is 0 Å². The van der Waals surface area contributed by atoms with Crippen LogP contribution >= 0.6 is 23.5 Å². The van der Waals surface area contributed by atoms with E-state index in [0.717, 1.165) is 12.8 Å². The average molecular weight is 363 g/mol. The zero-order valence-corrected chi connectivity index (χ0v) is 15.1. The molecular weight excluding hydrogens is 340 g/mol. The van der Waals surface area contributed by atoms with Gasteiger partial charge in [-0.1, -0.05) is 6.07 Å². The molecule has 1 aliphatic heterocycles. The number of nitrogens with two attached hydrogens (primary N) is 1. The summed E-state index contributed by atoms with van der Waals surface area (Å²) in [4.78, 5) is 24.0. The van der Waals surface area contributed by atoms with Gasteiger partial charge in [-0.25, -0.2) is 0 Å². The molecule has 0 aromatic heterocycles. The summed E-state index contributed by atoms with van der Waals surface area (Å²) in [6.07, 6.45) is 4.53. The van der Waals surface area contributed by atoms with Gasteiger partial charge in [0.15, 0.2) is 0 Å². The Bertz CT molecular complexity index is 657. The molecule has 1 aromatic carbocycles. The van der Waals surface area contributed by atoms with Gasteiger partial charge in [0.1, 0.15) is 0 Å². The highest BCUT2D eigenvalue weighted by Gasteiger charge is 2.57. The van der Waals surface area contributed by atoms with Crippen LogP contribution in [-0.2, 0) is 4.79 Å². The zero-order chi connectivity index (χ0) is 16.7. The van der Waals surface area contributed by atoms with E-state index < -0.39 is 5.91 Å². The fourth-order valence-corrected chi connectivity index (χ4v) is 8.55. The molecule has 3 aliphatic rings. The van der Waals surface area contributed by atoms with Crippen LogP contribution in [0.3, 0.4) is 0 Å². The summed E-state index contributed by atoms with van der Waals surface area (Å²) in [5.74, 6) is 3.56. The first-order valence-corrected chi connectivity index (χ1v) is 10.5. The SMILES string of the molecule is NC(=O)c1cccc(NC(=O)C2CC3CCC(C2)C32SCCS2)c1. The van der Waals surface area contributed by atoms with Crippen LogP contribution in [-0.4, -0.2) is 27.4 Å². The van der Waals surface area contributed by atoms with Crippen LogP contribution < -0.4 is 11.1 Å². The minimum atomic E-state index is -0.473. The lowest BCUT2D eigenvalue weighted by molar-refractivity contribution is -0.121. The van der Waals surface area contributed by atoms with Gasteiger partial charge in [-0.3, -0.25) is 9.59 Å². The van der Waals surface area contributed by atoms with E-state index in [0.29, 0.717) is 27.2 Å². The largest absolute Gasteiger partial charge is 0.366 e. The maximum atomic E-state index is 12.7. The smallest absolute Gasteiger partial charge is 0.248 e. The van der Waals surface area contributed by atoms with Crippen molar-refractivity contribution in [3.63, 3.8) is 0 Å². The van der Waals surface area contributed by atoms with Crippen molar-refractivity contribution in [2.45, 2.75) is 29.8 Å². The molecule has 1 saturated heterocycles. The van der Waals surface area contributed by atoms with E-state index in [1.165, 1.54) is 24.3 Å². The molecule has 2 amide bonds. The highest BCUT2D eigenvalue weighted by Crippen LogP contribution is 2.65. The first-order valence-electron chi connectivity index (χ1n) is 8.57. The molecule has 2 atom stereocenters. The summed E-state index contributed by atoms with van der Waals surface area (Å²) in [7, 11) is 0. The number of thioether (sulfide) groups is 2. The molecule has 2 unspecified atom stereocenters. The Morgan fingerprint density at radius 3 is 2.42 bits per heavy atom. The number of nitrogens with one attached hydrogen (secondary N) is 1. The standard InChI is InChI=1S/C18H22N2O2S2/c19-16(21)11-2-1-3-15(10-11)20-17(22)12-8-13-4-5-14(9-12)18(13)23-6-7-24-18/h1-3,10,12-14H,4-9H2,(H2,19,21)(H,20,22). The topological polar surface area (TPSA) is 72.2 Å². The number of hydrogen-bond donors (Lipinski definition) is 2. The molecule has 3 N–H and O–H groups in total. The third-order valence-corrected chi connectivity index (χ3v) is 9.68. The number of benzene rings is 1. The lowest BCUT2D eigenvalue weighted by atomic mass is 9.79. The Hall–Kier alpha value is -1.14. The summed E-state index contributed by atoms with van der Waals surface area (Å²) in [6, 6.07) is 6.88. The van der Waals surface area contributed by atoms with Crippen LogP contribution in [0.25, 0.3) is 0 Å². The Balaban J connectivity index is 1.45. The monoisotopic (exact) mass is 362 g/mol. The van der Waals surface area contributed by atoms with Crippen molar-refractivity contribution in [3.05, 3.63) is 29.8 Å². The third-order valence-electron chi connectivity index (χ3n) is 5.66. The molecule has 2 bridgehead atoms. The normalized spacial score (nSPS) is 30.4. The van der Waals surface area contributed by atoms with Crippen LogP contribution in [0.5, 0.6) is 0 Å². The molecule has 3 fully saturated rings. The molecule has 128 valence electrons. The van der Waals surface area contributed by atoms with E-state index in [9.17, 15) is 9.59 Å². The van der Waals surface area contributed by atoms with E-state index in [4.69, 9.17) is 5.73 Å². The molecule has 4 rings (SSSR count). The molecule has 2 aliphatic carbocycles. The van der Waals surface area contributed by atoms with Crippen LogP contribution in [0, 0.1) is 17.8 Å². The van der Waals surface area contributed by atoms with Crippen molar-refractivity contribution >= 4 is 41.0 Å². The molecule has 1 spiro atoms. The maximum absolute atomic E-state index is 12.7. The number of amides is 2. The van der Waals surface area contributed by atoms with Crippen LogP contribution in [0.4, 0.5) is 5.69 Å². The van der Waals surface area contributed by atoms with Gasteiger partial charge in [-0.2, -0.15) is 0 Å². The van der Waals surface area contributed by atoms with Crippen molar-refractivity contribution in [2.24, 2.45) is 23.5 Å². The maximum Gasteiger partial charge on any atom is 0.248 e. The molecule has 1 heterocycles. The predicted molar refractivity (Wildman–Crippen MR) is 100 cm³/mol. The quantitative estimate of drug-likeness (QED) is 0.865. The van der Waals surface area contributed by atoms with E-state index >= 15 is 0 Å². The molecular formula is C18H22N2O2S2. The van der Waals surface area contributed by atoms with E-state index in [-0.39, 0.29) is 11.8 Å². The Morgan fingerprint density at radius 2 is 1.79 bits per heavy atom. The second-order valence-electron chi connectivity index (χ2n) is 6.99. The third kappa shape index (κ3) is 2.73. The molecule has 1 aromatic rings. The van der Waals surface area contributed by atoms with Crippen LogP contribution in [0.15, 0.2) is 24.3 Å².